The van der Waals surface area contributed by atoms with E-state index in [2.05, 4.69) is 35.0 Å². The van der Waals surface area contributed by atoms with Crippen molar-refractivity contribution in [3.8, 4) is 0 Å². The van der Waals surface area contributed by atoms with Crippen molar-refractivity contribution in [1.82, 2.24) is 14.9 Å². The topological polar surface area (TPSA) is 46.9 Å². The summed E-state index contributed by atoms with van der Waals surface area (Å²) in [4.78, 5) is 17.1. The molecule has 0 bridgehead atoms. The molecule has 0 saturated carbocycles. The fraction of sp³-hybridized carbons (Fsp3) is 0.481. The summed E-state index contributed by atoms with van der Waals surface area (Å²) in [6.45, 7) is 3.89. The maximum absolute atomic E-state index is 12.3. The van der Waals surface area contributed by atoms with Gasteiger partial charge in [-0.2, -0.15) is 0 Å². The Bertz CT molecular complexity index is 917. The van der Waals surface area contributed by atoms with Gasteiger partial charge < -0.3 is 9.88 Å². The average Bonchev–Trinajstić information content (AvgIpc) is 3.13. The van der Waals surface area contributed by atoms with Crippen LogP contribution in [0.5, 0.6) is 0 Å². The Morgan fingerprint density at radius 3 is 2.32 bits per heavy atom. The summed E-state index contributed by atoms with van der Waals surface area (Å²) in [6.07, 6.45) is 11.7. The van der Waals surface area contributed by atoms with Gasteiger partial charge in [-0.15, -0.1) is 0 Å². The monoisotopic (exact) mass is 419 g/mol. The van der Waals surface area contributed by atoms with Gasteiger partial charge in [-0.3, -0.25) is 4.79 Å². The van der Waals surface area contributed by atoms with Crippen LogP contribution in [-0.2, 0) is 24.2 Å². The van der Waals surface area contributed by atoms with E-state index in [1.54, 1.807) is 0 Å². The Balaban J connectivity index is 1.48. The third-order valence-electron chi connectivity index (χ3n) is 5.85. The van der Waals surface area contributed by atoms with Gasteiger partial charge in [0.15, 0.2) is 0 Å². The van der Waals surface area contributed by atoms with E-state index in [0.717, 1.165) is 29.9 Å². The number of unbranched alkanes of at least 4 members (excludes halogenated alkanes) is 7. The fourth-order valence-corrected chi connectivity index (χ4v) is 4.13. The van der Waals surface area contributed by atoms with Crippen molar-refractivity contribution < 1.29 is 4.79 Å². The van der Waals surface area contributed by atoms with Crippen LogP contribution in [0.3, 0.4) is 0 Å². The lowest BCUT2D eigenvalue weighted by molar-refractivity contribution is -0.120. The summed E-state index contributed by atoms with van der Waals surface area (Å²) in [7, 11) is 0. The number of benzene rings is 2. The zero-order chi connectivity index (χ0) is 21.7. The zero-order valence-corrected chi connectivity index (χ0v) is 19.0. The lowest BCUT2D eigenvalue weighted by atomic mass is 10.1. The Morgan fingerprint density at radius 1 is 0.871 bits per heavy atom. The van der Waals surface area contributed by atoms with Gasteiger partial charge in [0.1, 0.15) is 5.82 Å². The maximum atomic E-state index is 12.3. The first-order valence-electron chi connectivity index (χ1n) is 12.0. The molecule has 1 aromatic heterocycles. The van der Waals surface area contributed by atoms with Crippen molar-refractivity contribution in [2.75, 3.05) is 6.54 Å². The van der Waals surface area contributed by atoms with Crippen molar-refractivity contribution in [2.24, 2.45) is 0 Å². The lowest BCUT2D eigenvalue weighted by Gasteiger charge is -2.10. The van der Waals surface area contributed by atoms with Crippen molar-refractivity contribution in [2.45, 2.75) is 77.7 Å². The number of hydrogen-bond donors (Lipinski definition) is 1. The third kappa shape index (κ3) is 7.54. The second kappa shape index (κ2) is 12.9. The van der Waals surface area contributed by atoms with Crippen molar-refractivity contribution in [1.29, 1.82) is 0 Å². The molecule has 0 saturated heterocycles. The van der Waals surface area contributed by atoms with E-state index in [0.29, 0.717) is 13.0 Å². The van der Waals surface area contributed by atoms with Gasteiger partial charge in [-0.1, -0.05) is 94.3 Å². The first-order valence-corrected chi connectivity index (χ1v) is 12.0. The number of fused-ring (bicyclic) bond motifs is 1. The number of imidazole rings is 1. The van der Waals surface area contributed by atoms with Gasteiger partial charge >= 0.3 is 0 Å². The quantitative estimate of drug-likeness (QED) is 0.322. The third-order valence-corrected chi connectivity index (χ3v) is 5.85. The summed E-state index contributed by atoms with van der Waals surface area (Å²) in [5.74, 6) is 1.14. The molecule has 1 N–H and O–H groups in total. The van der Waals surface area contributed by atoms with Crippen LogP contribution < -0.4 is 5.32 Å². The molecule has 31 heavy (non-hydrogen) atoms. The van der Waals surface area contributed by atoms with Crippen LogP contribution in [0.4, 0.5) is 0 Å². The molecule has 3 rings (SSSR count). The molecule has 1 amide bonds. The summed E-state index contributed by atoms with van der Waals surface area (Å²) in [5, 5.41) is 3.06. The normalized spacial score (nSPS) is 11.1. The molecule has 2 aromatic carbocycles. The minimum Gasteiger partial charge on any atom is -0.355 e. The number of aryl methyl sites for hydroxylation is 1. The molecule has 0 atom stereocenters. The summed E-state index contributed by atoms with van der Waals surface area (Å²) in [6, 6.07) is 18.2. The zero-order valence-electron chi connectivity index (χ0n) is 19.0. The second-order valence-corrected chi connectivity index (χ2v) is 8.41. The number of carbonyl (C=O) groups is 1. The molecule has 4 nitrogen and oxygen atoms in total. The van der Waals surface area contributed by atoms with Crippen LogP contribution in [-0.4, -0.2) is 22.0 Å². The average molecular weight is 420 g/mol. The SMILES string of the molecule is CCCCCCCCCCn1c(CCNC(=O)Cc2ccccc2)nc2ccccc21. The number of nitrogens with zero attached hydrogens (tertiary/aromatic N) is 2. The van der Waals surface area contributed by atoms with Gasteiger partial charge in [-0.25, -0.2) is 4.98 Å². The molecule has 166 valence electrons. The molecule has 0 aliphatic heterocycles. The molecular formula is C27H37N3O. The van der Waals surface area contributed by atoms with Gasteiger partial charge in [0, 0.05) is 19.5 Å². The van der Waals surface area contributed by atoms with Gasteiger partial charge in [-0.05, 0) is 24.1 Å². The van der Waals surface area contributed by atoms with Crippen LogP contribution >= 0.6 is 0 Å². The maximum Gasteiger partial charge on any atom is 0.224 e. The summed E-state index contributed by atoms with van der Waals surface area (Å²) >= 11 is 0. The molecule has 0 spiro atoms. The van der Waals surface area contributed by atoms with Gasteiger partial charge in [0.05, 0.1) is 17.5 Å². The molecule has 0 radical (unpaired) electrons. The molecule has 0 aliphatic carbocycles. The fourth-order valence-electron chi connectivity index (χ4n) is 4.13. The van der Waals surface area contributed by atoms with Crippen LogP contribution in [0.25, 0.3) is 11.0 Å². The second-order valence-electron chi connectivity index (χ2n) is 8.41. The van der Waals surface area contributed by atoms with Crippen molar-refractivity contribution >= 4 is 16.9 Å². The highest BCUT2D eigenvalue weighted by Crippen LogP contribution is 2.18. The molecule has 0 fully saturated rings. The number of para-hydroxylation sites is 2. The van der Waals surface area contributed by atoms with Crippen LogP contribution in [0.15, 0.2) is 54.6 Å². The summed E-state index contributed by atoms with van der Waals surface area (Å²) < 4.78 is 2.36. The minimum absolute atomic E-state index is 0.0666. The Morgan fingerprint density at radius 2 is 1.55 bits per heavy atom. The van der Waals surface area contributed by atoms with E-state index in [9.17, 15) is 4.79 Å². The molecule has 0 unspecified atom stereocenters. The number of nitrogens with one attached hydrogen (secondary N) is 1. The smallest absolute Gasteiger partial charge is 0.224 e. The van der Waals surface area contributed by atoms with Crippen molar-refractivity contribution in [3.05, 3.63) is 66.0 Å². The molecule has 3 aromatic rings. The van der Waals surface area contributed by atoms with Crippen LogP contribution in [0.2, 0.25) is 0 Å². The lowest BCUT2D eigenvalue weighted by Crippen LogP contribution is -2.28. The van der Waals surface area contributed by atoms with E-state index in [4.69, 9.17) is 4.98 Å². The number of carbonyl (C=O) groups excluding carboxylic acids is 1. The number of amides is 1. The number of aromatic nitrogens is 2. The van der Waals surface area contributed by atoms with Gasteiger partial charge in [0.2, 0.25) is 5.91 Å². The van der Waals surface area contributed by atoms with E-state index in [1.165, 1.54) is 56.9 Å². The first-order chi connectivity index (χ1) is 15.3. The van der Waals surface area contributed by atoms with E-state index < -0.39 is 0 Å². The standard InChI is InChI=1S/C27H37N3O/c1-2-3-4-5-6-7-8-14-21-30-25-18-13-12-17-24(25)29-26(30)19-20-28-27(31)22-23-15-10-9-11-16-23/h9-13,15-18H,2-8,14,19-22H2,1H3,(H,28,31). The first kappa shape index (κ1) is 23.1. The Labute approximate surface area is 187 Å². The van der Waals surface area contributed by atoms with Crippen molar-refractivity contribution in [3.63, 3.8) is 0 Å². The summed E-state index contributed by atoms with van der Waals surface area (Å²) in [5.41, 5.74) is 3.30. The van der Waals surface area contributed by atoms with E-state index in [-0.39, 0.29) is 5.91 Å². The van der Waals surface area contributed by atoms with Crippen LogP contribution in [0.1, 0.15) is 69.7 Å². The highest BCUT2D eigenvalue weighted by atomic mass is 16.1. The molecule has 0 aliphatic rings. The van der Waals surface area contributed by atoms with E-state index in [1.807, 2.05) is 36.4 Å². The Hall–Kier alpha value is -2.62. The Kier molecular flexibility index (Phi) is 9.62. The largest absolute Gasteiger partial charge is 0.355 e. The number of hydrogen-bond acceptors (Lipinski definition) is 2. The predicted octanol–water partition coefficient (Wildman–Crippen LogP) is 6.08. The van der Waals surface area contributed by atoms with Gasteiger partial charge in [0.25, 0.3) is 0 Å². The number of rotatable bonds is 14. The van der Waals surface area contributed by atoms with Crippen LogP contribution in [0, 0.1) is 0 Å². The minimum atomic E-state index is 0.0666. The van der Waals surface area contributed by atoms with E-state index >= 15 is 0 Å². The molecule has 4 heteroatoms. The highest BCUT2D eigenvalue weighted by Gasteiger charge is 2.11. The molecular weight excluding hydrogens is 382 g/mol. The predicted molar refractivity (Wildman–Crippen MR) is 129 cm³/mol. The highest BCUT2D eigenvalue weighted by molar-refractivity contribution is 5.78. The molecule has 1 heterocycles.